The lowest BCUT2D eigenvalue weighted by atomic mass is 9.99. The summed E-state index contributed by atoms with van der Waals surface area (Å²) in [5.41, 5.74) is 2.87. The molecule has 2 amide bonds. The molecule has 1 atom stereocenters. The highest BCUT2D eigenvalue weighted by Gasteiger charge is 2.28. The van der Waals surface area contributed by atoms with E-state index >= 15 is 0 Å². The van der Waals surface area contributed by atoms with Crippen LogP contribution in [0.3, 0.4) is 0 Å². The number of nitrogens with one attached hydrogen (secondary N) is 3. The molecule has 2 aliphatic rings. The van der Waals surface area contributed by atoms with Gasteiger partial charge in [0.2, 0.25) is 5.91 Å². The number of benzene rings is 1. The number of aryl methyl sites for hydroxylation is 3. The van der Waals surface area contributed by atoms with Crippen molar-refractivity contribution >= 4 is 40.5 Å². The fourth-order valence-corrected chi connectivity index (χ4v) is 6.60. The number of likely N-dealkylation sites (N-methyl/N-ethyl adjacent to an activating group) is 1. The van der Waals surface area contributed by atoms with E-state index in [-0.39, 0.29) is 23.1 Å². The highest BCUT2D eigenvalue weighted by molar-refractivity contribution is 7.14. The molecule has 222 valence electrons. The van der Waals surface area contributed by atoms with Crippen molar-refractivity contribution in [2.75, 3.05) is 30.3 Å². The molecule has 43 heavy (non-hydrogen) atoms. The number of carbonyl (C=O) groups excluding carboxylic acids is 2. The Morgan fingerprint density at radius 2 is 1.84 bits per heavy atom. The molecule has 0 saturated carbocycles. The minimum absolute atomic E-state index is 0.0366. The quantitative estimate of drug-likeness (QED) is 0.287. The lowest BCUT2D eigenvalue weighted by Crippen LogP contribution is -2.49. The Morgan fingerprint density at radius 1 is 1.07 bits per heavy atom. The van der Waals surface area contributed by atoms with Crippen LogP contribution in [0, 0.1) is 5.82 Å². The molecule has 4 aromatic rings. The van der Waals surface area contributed by atoms with Crippen molar-refractivity contribution in [2.45, 2.75) is 38.6 Å². The third-order valence-electron chi connectivity index (χ3n) is 7.81. The van der Waals surface area contributed by atoms with Gasteiger partial charge in [0, 0.05) is 43.4 Å². The lowest BCUT2D eigenvalue weighted by Gasteiger charge is -2.32. The number of pyridine rings is 1. The first-order valence-corrected chi connectivity index (χ1v) is 15.2. The molecule has 3 aromatic heterocycles. The third-order valence-corrected chi connectivity index (χ3v) is 9.05. The number of carbonyl (C=O) groups is 2. The van der Waals surface area contributed by atoms with E-state index in [1.807, 2.05) is 30.0 Å². The van der Waals surface area contributed by atoms with E-state index in [4.69, 9.17) is 0 Å². The second-order valence-electron chi connectivity index (χ2n) is 10.7. The number of piperazine rings is 1. The van der Waals surface area contributed by atoms with Gasteiger partial charge in [-0.1, -0.05) is 12.1 Å². The largest absolute Gasteiger partial charge is 0.340 e. The zero-order valence-corrected chi connectivity index (χ0v) is 24.8. The first-order valence-electron chi connectivity index (χ1n) is 14.4. The van der Waals surface area contributed by atoms with Crippen LogP contribution in [-0.2, 0) is 24.7 Å². The van der Waals surface area contributed by atoms with Crippen molar-refractivity contribution in [1.29, 1.82) is 0 Å². The number of aromatic nitrogens is 3. The highest BCUT2D eigenvalue weighted by Crippen LogP contribution is 2.30. The summed E-state index contributed by atoms with van der Waals surface area (Å²) < 4.78 is 16.1. The Morgan fingerprint density at radius 3 is 2.60 bits per heavy atom. The van der Waals surface area contributed by atoms with E-state index in [2.05, 4.69) is 25.9 Å². The smallest absolute Gasteiger partial charge is 0.293 e. The maximum absolute atomic E-state index is 14.7. The molecule has 6 rings (SSSR count). The lowest BCUT2D eigenvalue weighted by molar-refractivity contribution is -0.135. The number of rotatable bonds is 7. The summed E-state index contributed by atoms with van der Waals surface area (Å²) in [4.78, 5) is 51.0. The predicted octanol–water partition coefficient (Wildman–Crippen LogP) is 4.41. The number of nitrogens with zero attached hydrogens (tertiary/aromatic N) is 4. The van der Waals surface area contributed by atoms with Crippen LogP contribution in [0.15, 0.2) is 53.5 Å². The molecule has 3 N–H and O–H groups in total. The summed E-state index contributed by atoms with van der Waals surface area (Å²) in [7, 11) is 1.59. The van der Waals surface area contributed by atoms with Gasteiger partial charge >= 0.3 is 0 Å². The van der Waals surface area contributed by atoms with Crippen LogP contribution in [-0.4, -0.2) is 50.9 Å². The summed E-state index contributed by atoms with van der Waals surface area (Å²) in [5, 5.41) is 8.93. The molecular weight excluding hydrogens is 569 g/mol. The van der Waals surface area contributed by atoms with Gasteiger partial charge in [-0.2, -0.15) is 0 Å². The second kappa shape index (κ2) is 12.1. The van der Waals surface area contributed by atoms with Gasteiger partial charge in [0.05, 0.1) is 10.6 Å². The maximum Gasteiger partial charge on any atom is 0.293 e. The summed E-state index contributed by atoms with van der Waals surface area (Å²) in [6, 6.07) is 11.4. The van der Waals surface area contributed by atoms with Gasteiger partial charge in [0.25, 0.3) is 11.5 Å². The molecule has 1 fully saturated rings. The Bertz CT molecular complexity index is 1730. The number of halogens is 1. The molecule has 1 aliphatic carbocycles. The van der Waals surface area contributed by atoms with Crippen molar-refractivity contribution < 1.29 is 14.0 Å². The molecule has 0 spiro atoms. The summed E-state index contributed by atoms with van der Waals surface area (Å²) in [5.74, 6) is -1.20. The first-order chi connectivity index (χ1) is 20.8. The fraction of sp³-hybridized carbons (Fsp3) is 0.323. The molecule has 10 nitrogen and oxygen atoms in total. The van der Waals surface area contributed by atoms with Crippen molar-refractivity contribution in [3.05, 3.63) is 85.7 Å². The third kappa shape index (κ3) is 5.93. The standard InChI is InChI=1S/C31H32FN7O3S/c1-3-39-15-14-33-26(30(39)41)18-8-10-20(11-9-18)34-28-31(42)38(2)17-23(36-28)22-13-12-21(32)27(35-22)37-29(40)25-16-19-6-4-5-7-24(19)43-25/h8-13,16-17,26,33H,3-7,14-15H2,1-2H3,(H,34,36)(H,35,37,40). The van der Waals surface area contributed by atoms with Crippen LogP contribution in [0.1, 0.15) is 51.5 Å². The molecule has 0 bridgehead atoms. The fourth-order valence-electron chi connectivity index (χ4n) is 5.45. The van der Waals surface area contributed by atoms with Gasteiger partial charge in [0.1, 0.15) is 11.7 Å². The Balaban J connectivity index is 1.22. The van der Waals surface area contributed by atoms with Crippen LogP contribution in [0.2, 0.25) is 0 Å². The molecule has 1 unspecified atom stereocenters. The summed E-state index contributed by atoms with van der Waals surface area (Å²) >= 11 is 1.44. The Labute approximate surface area is 252 Å². The van der Waals surface area contributed by atoms with Gasteiger partial charge in [-0.15, -0.1) is 11.3 Å². The Kier molecular flexibility index (Phi) is 8.04. The van der Waals surface area contributed by atoms with E-state index in [1.165, 1.54) is 44.7 Å². The van der Waals surface area contributed by atoms with Crippen LogP contribution in [0.4, 0.5) is 21.7 Å². The summed E-state index contributed by atoms with van der Waals surface area (Å²) in [6.45, 7) is 4.03. The van der Waals surface area contributed by atoms with Crippen LogP contribution in [0.5, 0.6) is 0 Å². The molecular formula is C31H32FN7O3S. The molecule has 0 radical (unpaired) electrons. The zero-order valence-electron chi connectivity index (χ0n) is 23.9. The minimum atomic E-state index is -0.672. The van der Waals surface area contributed by atoms with E-state index in [0.717, 1.165) is 37.8 Å². The van der Waals surface area contributed by atoms with E-state index in [0.29, 0.717) is 35.0 Å². The number of hydrogen-bond donors (Lipinski definition) is 3. The van der Waals surface area contributed by atoms with Gasteiger partial charge in [-0.05, 0) is 74.1 Å². The topological polar surface area (TPSA) is 121 Å². The number of fused-ring (bicyclic) bond motifs is 1. The average Bonchev–Trinajstić information content (AvgIpc) is 3.46. The zero-order chi connectivity index (χ0) is 30.1. The van der Waals surface area contributed by atoms with Gasteiger partial charge in [0.15, 0.2) is 17.5 Å². The number of amides is 2. The first kappa shape index (κ1) is 28.7. The van der Waals surface area contributed by atoms with Gasteiger partial charge in [-0.3, -0.25) is 14.4 Å². The number of thiophene rings is 1. The summed E-state index contributed by atoms with van der Waals surface area (Å²) in [6.07, 6.45) is 5.64. The molecule has 1 aliphatic heterocycles. The molecule has 1 aromatic carbocycles. The van der Waals surface area contributed by atoms with Crippen molar-refractivity contribution in [1.82, 2.24) is 24.8 Å². The van der Waals surface area contributed by atoms with Crippen LogP contribution >= 0.6 is 11.3 Å². The van der Waals surface area contributed by atoms with Crippen LogP contribution in [0.25, 0.3) is 11.4 Å². The number of hydrogen-bond acceptors (Lipinski definition) is 8. The SMILES string of the molecule is CCN1CCNC(c2ccc(Nc3nc(-c4ccc(F)c(NC(=O)c5cc6c(s5)CCCC6)n4)cn(C)c3=O)cc2)C1=O. The average molecular weight is 602 g/mol. The van der Waals surface area contributed by atoms with Crippen molar-refractivity contribution in [3.8, 4) is 11.4 Å². The normalized spacial score (nSPS) is 16.6. The van der Waals surface area contributed by atoms with E-state index in [9.17, 15) is 18.8 Å². The molecule has 1 saturated heterocycles. The molecule has 12 heteroatoms. The molecule has 4 heterocycles. The van der Waals surface area contributed by atoms with Crippen molar-refractivity contribution in [2.24, 2.45) is 7.05 Å². The second-order valence-corrected chi connectivity index (χ2v) is 11.8. The Hall–Kier alpha value is -4.42. The van der Waals surface area contributed by atoms with Crippen molar-refractivity contribution in [3.63, 3.8) is 0 Å². The number of anilines is 3. The van der Waals surface area contributed by atoms with E-state index < -0.39 is 17.8 Å². The minimum Gasteiger partial charge on any atom is -0.340 e. The van der Waals surface area contributed by atoms with Gasteiger partial charge < -0.3 is 25.4 Å². The monoisotopic (exact) mass is 601 g/mol. The van der Waals surface area contributed by atoms with Crippen LogP contribution < -0.4 is 21.5 Å². The van der Waals surface area contributed by atoms with E-state index in [1.54, 1.807) is 19.2 Å². The van der Waals surface area contributed by atoms with Gasteiger partial charge in [-0.25, -0.2) is 14.4 Å². The maximum atomic E-state index is 14.7. The highest BCUT2D eigenvalue weighted by atomic mass is 32.1. The predicted molar refractivity (Wildman–Crippen MR) is 164 cm³/mol.